The van der Waals surface area contributed by atoms with Crippen LogP contribution in [0.1, 0.15) is 10.5 Å². The van der Waals surface area contributed by atoms with Crippen molar-refractivity contribution in [3.05, 3.63) is 23.0 Å². The Hall–Kier alpha value is -1.17. The molecule has 6 heteroatoms. The lowest BCUT2D eigenvalue weighted by Crippen LogP contribution is -2.26. The first kappa shape index (κ1) is 9.91. The van der Waals surface area contributed by atoms with Crippen LogP contribution in [0.25, 0.3) is 0 Å². The SMILES string of the molecule is C=C(Br)CNC(=O)c1cnnn1C. The number of amides is 1. The van der Waals surface area contributed by atoms with E-state index >= 15 is 0 Å². The van der Waals surface area contributed by atoms with Crippen molar-refractivity contribution < 1.29 is 4.79 Å². The molecule has 0 aromatic carbocycles. The number of hydrogen-bond acceptors (Lipinski definition) is 3. The summed E-state index contributed by atoms with van der Waals surface area (Å²) in [7, 11) is 1.66. The molecule has 0 atom stereocenters. The predicted molar refractivity (Wildman–Crippen MR) is 51.4 cm³/mol. The van der Waals surface area contributed by atoms with Crippen LogP contribution in [0.15, 0.2) is 17.3 Å². The largest absolute Gasteiger partial charge is 0.346 e. The van der Waals surface area contributed by atoms with Crippen LogP contribution < -0.4 is 5.32 Å². The molecule has 0 saturated heterocycles. The van der Waals surface area contributed by atoms with Gasteiger partial charge in [-0.05, 0) is 0 Å². The first-order valence-electron chi connectivity index (χ1n) is 3.57. The van der Waals surface area contributed by atoms with E-state index in [-0.39, 0.29) is 5.91 Å². The molecule has 1 aromatic heterocycles. The standard InChI is InChI=1S/C7H9BrN4O/c1-5(8)3-9-7(13)6-4-10-11-12(6)2/h4H,1,3H2,2H3,(H,9,13). The summed E-state index contributed by atoms with van der Waals surface area (Å²) in [5.74, 6) is -0.215. The molecule has 0 spiro atoms. The van der Waals surface area contributed by atoms with Gasteiger partial charge in [-0.1, -0.05) is 27.7 Å². The molecule has 0 unspecified atom stereocenters. The van der Waals surface area contributed by atoms with Crippen molar-refractivity contribution in [3.8, 4) is 0 Å². The van der Waals surface area contributed by atoms with Gasteiger partial charge in [-0.3, -0.25) is 4.79 Å². The molecular formula is C7H9BrN4O. The van der Waals surface area contributed by atoms with Gasteiger partial charge in [0.05, 0.1) is 6.20 Å². The molecule has 0 fully saturated rings. The van der Waals surface area contributed by atoms with Gasteiger partial charge >= 0.3 is 0 Å². The van der Waals surface area contributed by atoms with E-state index in [2.05, 4.69) is 38.1 Å². The molecule has 0 bridgehead atoms. The zero-order chi connectivity index (χ0) is 9.84. The highest BCUT2D eigenvalue weighted by Gasteiger charge is 2.09. The molecule has 0 aliphatic heterocycles. The van der Waals surface area contributed by atoms with Gasteiger partial charge in [0, 0.05) is 18.1 Å². The van der Waals surface area contributed by atoms with Crippen molar-refractivity contribution in [3.63, 3.8) is 0 Å². The first-order valence-corrected chi connectivity index (χ1v) is 4.36. The van der Waals surface area contributed by atoms with E-state index in [1.807, 2.05) is 0 Å². The van der Waals surface area contributed by atoms with Crippen LogP contribution in [0, 0.1) is 0 Å². The summed E-state index contributed by atoms with van der Waals surface area (Å²) >= 11 is 3.14. The van der Waals surface area contributed by atoms with Gasteiger partial charge in [0.1, 0.15) is 5.69 Å². The summed E-state index contributed by atoms with van der Waals surface area (Å²) in [5.41, 5.74) is 0.425. The quantitative estimate of drug-likeness (QED) is 0.841. The van der Waals surface area contributed by atoms with Crippen LogP contribution in [-0.4, -0.2) is 27.4 Å². The van der Waals surface area contributed by atoms with Crippen LogP contribution in [0.3, 0.4) is 0 Å². The number of carbonyl (C=O) groups excluding carboxylic acids is 1. The van der Waals surface area contributed by atoms with Crippen molar-refractivity contribution in [2.45, 2.75) is 0 Å². The van der Waals surface area contributed by atoms with Crippen LogP contribution in [-0.2, 0) is 7.05 Å². The topological polar surface area (TPSA) is 59.8 Å². The maximum Gasteiger partial charge on any atom is 0.271 e. The van der Waals surface area contributed by atoms with Crippen molar-refractivity contribution in [2.75, 3.05) is 6.54 Å². The second-order valence-corrected chi connectivity index (χ2v) is 3.56. The molecule has 0 radical (unpaired) electrons. The third-order valence-electron chi connectivity index (χ3n) is 1.39. The van der Waals surface area contributed by atoms with E-state index in [4.69, 9.17) is 0 Å². The van der Waals surface area contributed by atoms with Crippen molar-refractivity contribution in [1.29, 1.82) is 0 Å². The molecule has 70 valence electrons. The van der Waals surface area contributed by atoms with Crippen LogP contribution >= 0.6 is 15.9 Å². The van der Waals surface area contributed by atoms with E-state index in [0.717, 1.165) is 4.48 Å². The fourth-order valence-corrected chi connectivity index (χ4v) is 0.902. The predicted octanol–water partition coefficient (Wildman–Crippen LogP) is 0.453. The average molecular weight is 245 g/mol. The van der Waals surface area contributed by atoms with Crippen molar-refractivity contribution >= 4 is 21.8 Å². The number of aryl methyl sites for hydroxylation is 1. The molecule has 5 nitrogen and oxygen atoms in total. The van der Waals surface area contributed by atoms with E-state index in [0.29, 0.717) is 12.2 Å². The number of nitrogens with one attached hydrogen (secondary N) is 1. The molecule has 1 heterocycles. The van der Waals surface area contributed by atoms with Gasteiger partial charge in [0.2, 0.25) is 0 Å². The number of hydrogen-bond donors (Lipinski definition) is 1. The first-order chi connectivity index (χ1) is 6.11. The van der Waals surface area contributed by atoms with Crippen LogP contribution in [0.4, 0.5) is 0 Å². The number of nitrogens with zero attached hydrogens (tertiary/aromatic N) is 3. The smallest absolute Gasteiger partial charge is 0.271 e. The van der Waals surface area contributed by atoms with Gasteiger partial charge in [0.15, 0.2) is 0 Å². The van der Waals surface area contributed by atoms with Crippen molar-refractivity contribution in [1.82, 2.24) is 20.3 Å². The number of carbonyl (C=O) groups is 1. The Morgan fingerprint density at radius 2 is 2.54 bits per heavy atom. The fraction of sp³-hybridized carbons (Fsp3) is 0.286. The monoisotopic (exact) mass is 244 g/mol. The molecule has 1 amide bonds. The Balaban J connectivity index is 2.59. The Bertz CT molecular complexity index is 333. The third kappa shape index (κ3) is 2.66. The molecular weight excluding hydrogens is 236 g/mol. The minimum atomic E-state index is -0.215. The maximum absolute atomic E-state index is 11.4. The molecule has 1 aromatic rings. The molecule has 0 aliphatic rings. The minimum Gasteiger partial charge on any atom is -0.346 e. The molecule has 0 saturated carbocycles. The van der Waals surface area contributed by atoms with Gasteiger partial charge in [-0.25, -0.2) is 4.68 Å². The summed E-state index contributed by atoms with van der Waals surface area (Å²) in [6.45, 7) is 3.99. The summed E-state index contributed by atoms with van der Waals surface area (Å²) in [5, 5.41) is 9.86. The number of aromatic nitrogens is 3. The molecule has 0 aliphatic carbocycles. The van der Waals surface area contributed by atoms with E-state index in [9.17, 15) is 4.79 Å². The second-order valence-electron chi connectivity index (χ2n) is 2.44. The Morgan fingerprint density at radius 1 is 1.85 bits per heavy atom. The minimum absolute atomic E-state index is 0.215. The highest BCUT2D eigenvalue weighted by Crippen LogP contribution is 1.98. The molecule has 1 N–H and O–H groups in total. The molecule has 13 heavy (non-hydrogen) atoms. The summed E-state index contributed by atoms with van der Waals surface area (Å²) in [6, 6.07) is 0. The van der Waals surface area contributed by atoms with Gasteiger partial charge in [-0.2, -0.15) is 0 Å². The maximum atomic E-state index is 11.4. The normalized spacial score (nSPS) is 9.69. The summed E-state index contributed by atoms with van der Waals surface area (Å²) < 4.78 is 2.13. The average Bonchev–Trinajstić information content (AvgIpc) is 2.47. The highest BCUT2D eigenvalue weighted by molar-refractivity contribution is 9.11. The summed E-state index contributed by atoms with van der Waals surface area (Å²) in [4.78, 5) is 11.4. The van der Waals surface area contributed by atoms with Gasteiger partial charge in [-0.15, -0.1) is 5.10 Å². The van der Waals surface area contributed by atoms with E-state index in [1.165, 1.54) is 10.9 Å². The zero-order valence-corrected chi connectivity index (χ0v) is 8.71. The van der Waals surface area contributed by atoms with E-state index in [1.54, 1.807) is 7.05 Å². The second kappa shape index (κ2) is 4.18. The van der Waals surface area contributed by atoms with E-state index < -0.39 is 0 Å². The van der Waals surface area contributed by atoms with Gasteiger partial charge < -0.3 is 5.32 Å². The fourth-order valence-electron chi connectivity index (χ4n) is 0.762. The van der Waals surface area contributed by atoms with Crippen LogP contribution in [0.2, 0.25) is 0 Å². The Labute approximate surface area is 83.9 Å². The number of rotatable bonds is 3. The number of halogens is 1. The zero-order valence-electron chi connectivity index (χ0n) is 7.12. The lowest BCUT2D eigenvalue weighted by Gasteiger charge is -2.02. The van der Waals surface area contributed by atoms with Crippen LogP contribution in [0.5, 0.6) is 0 Å². The molecule has 1 rings (SSSR count). The Kier molecular flexibility index (Phi) is 3.18. The highest BCUT2D eigenvalue weighted by atomic mass is 79.9. The lowest BCUT2D eigenvalue weighted by atomic mass is 10.4. The summed E-state index contributed by atoms with van der Waals surface area (Å²) in [6.07, 6.45) is 1.41. The third-order valence-corrected chi connectivity index (χ3v) is 1.67. The lowest BCUT2D eigenvalue weighted by molar-refractivity contribution is 0.0948. The Morgan fingerprint density at radius 3 is 3.00 bits per heavy atom. The van der Waals surface area contributed by atoms with Crippen molar-refractivity contribution in [2.24, 2.45) is 7.05 Å². The van der Waals surface area contributed by atoms with Gasteiger partial charge in [0.25, 0.3) is 5.91 Å².